The average molecular weight is 295 g/mol. The van der Waals surface area contributed by atoms with E-state index in [4.69, 9.17) is 11.6 Å². The molecule has 1 aromatic rings. The third-order valence-corrected chi connectivity index (χ3v) is 3.82. The van der Waals surface area contributed by atoms with Crippen LogP contribution in [0.15, 0.2) is 18.2 Å². The maximum Gasteiger partial charge on any atom is 0.246 e. The monoisotopic (exact) mass is 294 g/mol. The molecule has 0 bridgehead atoms. The van der Waals surface area contributed by atoms with Gasteiger partial charge in [-0.05, 0) is 30.0 Å². The second kappa shape index (κ2) is 5.83. The lowest BCUT2D eigenvalue weighted by Crippen LogP contribution is -2.59. The Hall–Kier alpha value is -1.55. The van der Waals surface area contributed by atoms with Crippen molar-refractivity contribution in [1.82, 2.24) is 10.2 Å². The van der Waals surface area contributed by atoms with Crippen molar-refractivity contribution in [2.24, 2.45) is 5.92 Å². The van der Waals surface area contributed by atoms with Crippen LogP contribution in [0, 0.1) is 12.8 Å². The van der Waals surface area contributed by atoms with E-state index in [1.165, 1.54) is 0 Å². The summed E-state index contributed by atoms with van der Waals surface area (Å²) in [7, 11) is 0. The summed E-state index contributed by atoms with van der Waals surface area (Å²) >= 11 is 6.19. The smallest absolute Gasteiger partial charge is 0.246 e. The second-order valence-electron chi connectivity index (χ2n) is 5.58. The van der Waals surface area contributed by atoms with Crippen LogP contribution in [-0.2, 0) is 16.1 Å². The SMILES string of the molecule is Cc1ccc(CN2CC(=O)NC(C(C)C)C2=O)c(Cl)c1. The van der Waals surface area contributed by atoms with Gasteiger partial charge < -0.3 is 10.2 Å². The molecule has 5 heteroatoms. The van der Waals surface area contributed by atoms with Crippen LogP contribution in [0.25, 0.3) is 0 Å². The van der Waals surface area contributed by atoms with Gasteiger partial charge in [-0.15, -0.1) is 0 Å². The molecule has 1 unspecified atom stereocenters. The predicted octanol–water partition coefficient (Wildman–Crippen LogP) is 2.13. The molecule has 1 saturated heterocycles. The highest BCUT2D eigenvalue weighted by atomic mass is 35.5. The number of hydrogen-bond acceptors (Lipinski definition) is 2. The fourth-order valence-corrected chi connectivity index (χ4v) is 2.60. The lowest BCUT2D eigenvalue weighted by molar-refractivity contribution is -0.146. The van der Waals surface area contributed by atoms with E-state index in [0.717, 1.165) is 11.1 Å². The quantitative estimate of drug-likeness (QED) is 0.928. The van der Waals surface area contributed by atoms with E-state index in [9.17, 15) is 9.59 Å². The van der Waals surface area contributed by atoms with Crippen molar-refractivity contribution in [3.05, 3.63) is 34.3 Å². The maximum absolute atomic E-state index is 12.4. The number of rotatable bonds is 3. The Kier molecular flexibility index (Phi) is 4.33. The van der Waals surface area contributed by atoms with Gasteiger partial charge in [-0.25, -0.2) is 0 Å². The van der Waals surface area contributed by atoms with Crippen LogP contribution in [0.2, 0.25) is 5.02 Å². The molecule has 2 amide bonds. The molecule has 0 aromatic heterocycles. The van der Waals surface area contributed by atoms with Crippen LogP contribution >= 0.6 is 11.6 Å². The van der Waals surface area contributed by atoms with Crippen LogP contribution in [0.3, 0.4) is 0 Å². The zero-order valence-electron chi connectivity index (χ0n) is 11.9. The fourth-order valence-electron chi connectivity index (χ4n) is 2.30. The Morgan fingerprint density at radius 3 is 2.70 bits per heavy atom. The minimum absolute atomic E-state index is 0.0451. The molecule has 20 heavy (non-hydrogen) atoms. The molecule has 1 fully saturated rings. The number of benzene rings is 1. The molecule has 1 heterocycles. The third kappa shape index (κ3) is 3.12. The number of halogens is 1. The summed E-state index contributed by atoms with van der Waals surface area (Å²) in [4.78, 5) is 25.7. The molecular weight excluding hydrogens is 276 g/mol. The topological polar surface area (TPSA) is 49.4 Å². The number of piperazine rings is 1. The molecule has 0 saturated carbocycles. The minimum atomic E-state index is -0.444. The molecule has 1 aliphatic rings. The van der Waals surface area contributed by atoms with E-state index in [0.29, 0.717) is 11.6 Å². The number of nitrogens with zero attached hydrogens (tertiary/aromatic N) is 1. The summed E-state index contributed by atoms with van der Waals surface area (Å²) in [6, 6.07) is 5.28. The first-order chi connectivity index (χ1) is 9.38. The highest BCUT2D eigenvalue weighted by Gasteiger charge is 2.34. The summed E-state index contributed by atoms with van der Waals surface area (Å²) in [6.45, 7) is 6.27. The van der Waals surface area contributed by atoms with E-state index in [-0.39, 0.29) is 24.3 Å². The first-order valence-corrected chi connectivity index (χ1v) is 7.09. The van der Waals surface area contributed by atoms with Gasteiger partial charge in [-0.2, -0.15) is 0 Å². The normalized spacial score (nSPS) is 19.4. The van der Waals surface area contributed by atoms with Crippen molar-refractivity contribution in [2.75, 3.05) is 6.54 Å². The first-order valence-electron chi connectivity index (χ1n) is 6.71. The number of amides is 2. The number of nitrogens with one attached hydrogen (secondary N) is 1. The molecule has 4 nitrogen and oxygen atoms in total. The number of aryl methyl sites for hydroxylation is 1. The van der Waals surface area contributed by atoms with E-state index < -0.39 is 6.04 Å². The summed E-state index contributed by atoms with van der Waals surface area (Å²) < 4.78 is 0. The summed E-state index contributed by atoms with van der Waals surface area (Å²) in [5.41, 5.74) is 1.93. The van der Waals surface area contributed by atoms with E-state index in [1.807, 2.05) is 39.0 Å². The van der Waals surface area contributed by atoms with Gasteiger partial charge in [0.15, 0.2) is 0 Å². The van der Waals surface area contributed by atoms with Crippen molar-refractivity contribution in [3.8, 4) is 0 Å². The zero-order chi connectivity index (χ0) is 14.9. The largest absolute Gasteiger partial charge is 0.343 e. The first kappa shape index (κ1) is 14.9. The summed E-state index contributed by atoms with van der Waals surface area (Å²) in [6.07, 6.45) is 0. The van der Waals surface area contributed by atoms with Crippen LogP contribution < -0.4 is 5.32 Å². The average Bonchev–Trinajstić information content (AvgIpc) is 2.36. The lowest BCUT2D eigenvalue weighted by atomic mass is 10.00. The second-order valence-corrected chi connectivity index (χ2v) is 5.99. The molecule has 1 N–H and O–H groups in total. The highest BCUT2D eigenvalue weighted by molar-refractivity contribution is 6.31. The molecule has 0 aliphatic carbocycles. The molecular formula is C15H19ClN2O2. The van der Waals surface area contributed by atoms with Gasteiger partial charge >= 0.3 is 0 Å². The van der Waals surface area contributed by atoms with Gasteiger partial charge in [-0.3, -0.25) is 9.59 Å². The number of carbonyl (C=O) groups excluding carboxylic acids is 2. The Balaban J connectivity index is 2.19. The molecule has 1 aromatic carbocycles. The maximum atomic E-state index is 12.4. The van der Waals surface area contributed by atoms with Crippen molar-refractivity contribution < 1.29 is 9.59 Å². The third-order valence-electron chi connectivity index (χ3n) is 3.47. The molecule has 1 atom stereocenters. The highest BCUT2D eigenvalue weighted by Crippen LogP contribution is 2.21. The van der Waals surface area contributed by atoms with Gasteiger partial charge in [0, 0.05) is 11.6 Å². The fraction of sp³-hybridized carbons (Fsp3) is 0.467. The molecule has 0 spiro atoms. The van der Waals surface area contributed by atoms with Gasteiger partial charge in [0.2, 0.25) is 11.8 Å². The van der Waals surface area contributed by atoms with Gasteiger partial charge in [-0.1, -0.05) is 37.6 Å². The predicted molar refractivity (Wildman–Crippen MR) is 78.4 cm³/mol. The van der Waals surface area contributed by atoms with Crippen molar-refractivity contribution in [1.29, 1.82) is 0 Å². The Labute approximate surface area is 124 Å². The molecule has 108 valence electrons. The standard InChI is InChI=1S/C15H19ClN2O2/c1-9(2)14-15(20)18(8-13(19)17-14)7-11-5-4-10(3)6-12(11)16/h4-6,9,14H,7-8H2,1-3H3,(H,17,19). The molecule has 1 aliphatic heterocycles. The van der Waals surface area contributed by atoms with E-state index >= 15 is 0 Å². The molecule has 2 rings (SSSR count). The van der Waals surface area contributed by atoms with Crippen LogP contribution in [-0.4, -0.2) is 29.3 Å². The molecule has 0 radical (unpaired) electrons. The summed E-state index contributed by atoms with van der Waals surface area (Å²) in [5.74, 6) is -0.0921. The van der Waals surface area contributed by atoms with E-state index in [1.54, 1.807) is 4.90 Å². The van der Waals surface area contributed by atoms with E-state index in [2.05, 4.69) is 5.32 Å². The van der Waals surface area contributed by atoms with Gasteiger partial charge in [0.1, 0.15) is 6.04 Å². The zero-order valence-corrected chi connectivity index (χ0v) is 12.7. The van der Waals surface area contributed by atoms with Gasteiger partial charge in [0.05, 0.1) is 6.54 Å². The van der Waals surface area contributed by atoms with Crippen LogP contribution in [0.4, 0.5) is 0 Å². The number of hydrogen-bond donors (Lipinski definition) is 1. The Morgan fingerprint density at radius 1 is 1.40 bits per heavy atom. The summed E-state index contributed by atoms with van der Waals surface area (Å²) in [5, 5.41) is 3.37. The Morgan fingerprint density at radius 2 is 2.10 bits per heavy atom. The van der Waals surface area contributed by atoms with Crippen LogP contribution in [0.1, 0.15) is 25.0 Å². The van der Waals surface area contributed by atoms with Crippen LogP contribution in [0.5, 0.6) is 0 Å². The van der Waals surface area contributed by atoms with Crippen molar-refractivity contribution >= 4 is 23.4 Å². The number of carbonyl (C=O) groups is 2. The lowest BCUT2D eigenvalue weighted by Gasteiger charge is -2.34. The minimum Gasteiger partial charge on any atom is -0.343 e. The van der Waals surface area contributed by atoms with Crippen molar-refractivity contribution in [2.45, 2.75) is 33.4 Å². The van der Waals surface area contributed by atoms with Gasteiger partial charge in [0.25, 0.3) is 0 Å². The van der Waals surface area contributed by atoms with Crippen molar-refractivity contribution in [3.63, 3.8) is 0 Å². The Bertz CT molecular complexity index is 543.